The maximum absolute atomic E-state index is 5.44. The molecule has 0 N–H and O–H groups in total. The van der Waals surface area contributed by atoms with Crippen LogP contribution < -0.4 is 0 Å². The lowest BCUT2D eigenvalue weighted by Crippen LogP contribution is -2.37. The molecule has 3 nitrogen and oxygen atoms in total. The first-order chi connectivity index (χ1) is 7.83. The molecule has 0 spiro atoms. The molecule has 3 heteroatoms. The van der Waals surface area contributed by atoms with Gasteiger partial charge in [-0.05, 0) is 25.7 Å². The highest BCUT2D eigenvalue weighted by Gasteiger charge is 2.34. The second-order valence-corrected chi connectivity index (χ2v) is 4.25. The molecule has 0 saturated heterocycles. The molecule has 1 aliphatic rings. The van der Waals surface area contributed by atoms with Gasteiger partial charge in [-0.3, -0.25) is 0 Å². The fourth-order valence-electron chi connectivity index (χ4n) is 1.96. The highest BCUT2D eigenvalue weighted by atomic mass is 17.2. The number of rotatable bonds is 7. The van der Waals surface area contributed by atoms with Crippen LogP contribution in [0.15, 0.2) is 12.2 Å². The topological polar surface area (TPSA) is 27.7 Å². The molecule has 0 atom stereocenters. The fourth-order valence-corrected chi connectivity index (χ4v) is 1.96. The Morgan fingerprint density at radius 2 is 1.88 bits per heavy atom. The first kappa shape index (κ1) is 13.7. The molecule has 0 unspecified atom stereocenters. The molecule has 0 heterocycles. The van der Waals surface area contributed by atoms with Gasteiger partial charge in [0, 0.05) is 20.0 Å². The van der Waals surface area contributed by atoms with Crippen LogP contribution in [0.4, 0.5) is 0 Å². The van der Waals surface area contributed by atoms with E-state index < -0.39 is 5.79 Å². The van der Waals surface area contributed by atoms with Crippen LogP contribution in [0.25, 0.3) is 0 Å². The van der Waals surface area contributed by atoms with Crippen LogP contribution in [-0.2, 0) is 14.5 Å². The first-order valence-electron chi connectivity index (χ1n) is 6.34. The molecule has 1 fully saturated rings. The van der Waals surface area contributed by atoms with Gasteiger partial charge in [0.05, 0.1) is 6.61 Å². The summed E-state index contributed by atoms with van der Waals surface area (Å²) in [5.41, 5.74) is 0. The molecule has 0 aliphatic heterocycles. The minimum absolute atomic E-state index is 0.479. The summed E-state index contributed by atoms with van der Waals surface area (Å²) >= 11 is 0. The van der Waals surface area contributed by atoms with Crippen LogP contribution in [0.3, 0.4) is 0 Å². The van der Waals surface area contributed by atoms with Crippen molar-refractivity contribution in [1.82, 2.24) is 0 Å². The summed E-state index contributed by atoms with van der Waals surface area (Å²) in [5, 5.41) is 0. The summed E-state index contributed by atoms with van der Waals surface area (Å²) in [6.07, 6.45) is 11.7. The number of hydrogen-bond acceptors (Lipinski definition) is 3. The molecule has 0 radical (unpaired) electrons. The van der Waals surface area contributed by atoms with Gasteiger partial charge in [-0.15, -0.1) is 0 Å². The van der Waals surface area contributed by atoms with Crippen molar-refractivity contribution < 1.29 is 14.5 Å². The minimum atomic E-state index is -0.479. The van der Waals surface area contributed by atoms with Crippen molar-refractivity contribution >= 4 is 0 Å². The van der Waals surface area contributed by atoms with Crippen LogP contribution in [-0.4, -0.2) is 19.5 Å². The molecule has 94 valence electrons. The van der Waals surface area contributed by atoms with E-state index in [0.29, 0.717) is 6.61 Å². The Labute approximate surface area is 98.7 Å². The number of allylic oxidation sites excluding steroid dienone is 1. The predicted octanol–water partition coefficient (Wildman–Crippen LogP) is 3.60. The van der Waals surface area contributed by atoms with Gasteiger partial charge in [-0.25, -0.2) is 9.78 Å². The van der Waals surface area contributed by atoms with Gasteiger partial charge in [0.15, 0.2) is 0 Å². The Hall–Kier alpha value is -0.380. The molecular formula is C13H24O3. The van der Waals surface area contributed by atoms with E-state index in [1.807, 2.05) is 0 Å². The molecule has 0 aromatic rings. The fraction of sp³-hybridized carbons (Fsp3) is 0.846. The normalized spacial score (nSPS) is 20.4. The van der Waals surface area contributed by atoms with E-state index in [0.717, 1.165) is 38.5 Å². The van der Waals surface area contributed by atoms with Gasteiger partial charge < -0.3 is 4.74 Å². The zero-order chi connectivity index (χ0) is 11.7. The Morgan fingerprint density at radius 3 is 2.50 bits per heavy atom. The molecule has 1 aliphatic carbocycles. The van der Waals surface area contributed by atoms with E-state index in [2.05, 4.69) is 19.1 Å². The lowest BCUT2D eigenvalue weighted by Gasteiger charge is -2.33. The van der Waals surface area contributed by atoms with Crippen LogP contribution in [0.5, 0.6) is 0 Å². The zero-order valence-electron chi connectivity index (χ0n) is 10.5. The van der Waals surface area contributed by atoms with E-state index in [9.17, 15) is 0 Å². The third kappa shape index (κ3) is 4.64. The average molecular weight is 228 g/mol. The Bertz CT molecular complexity index is 195. The summed E-state index contributed by atoms with van der Waals surface area (Å²) in [6.45, 7) is 2.72. The van der Waals surface area contributed by atoms with Crippen LogP contribution in [0, 0.1) is 0 Å². The van der Waals surface area contributed by atoms with Gasteiger partial charge in [0.1, 0.15) is 0 Å². The average Bonchev–Trinajstić information content (AvgIpc) is 2.35. The van der Waals surface area contributed by atoms with Crippen molar-refractivity contribution in [3.63, 3.8) is 0 Å². The Morgan fingerprint density at radius 1 is 1.12 bits per heavy atom. The zero-order valence-corrected chi connectivity index (χ0v) is 10.5. The third-order valence-corrected chi connectivity index (χ3v) is 2.97. The van der Waals surface area contributed by atoms with Gasteiger partial charge in [-0.1, -0.05) is 25.5 Å². The molecule has 0 amide bonds. The van der Waals surface area contributed by atoms with E-state index in [1.165, 1.54) is 6.42 Å². The number of hydrogen-bond donors (Lipinski definition) is 0. The Kier molecular flexibility index (Phi) is 6.69. The van der Waals surface area contributed by atoms with Crippen molar-refractivity contribution in [1.29, 1.82) is 0 Å². The summed E-state index contributed by atoms with van der Waals surface area (Å²) in [5.74, 6) is -0.479. The molecule has 0 aromatic heterocycles. The number of methoxy groups -OCH3 is 1. The smallest absolute Gasteiger partial charge is 0.201 e. The van der Waals surface area contributed by atoms with Gasteiger partial charge in [0.25, 0.3) is 0 Å². The van der Waals surface area contributed by atoms with Gasteiger partial charge >= 0.3 is 0 Å². The molecular weight excluding hydrogens is 204 g/mol. The Balaban J connectivity index is 2.15. The van der Waals surface area contributed by atoms with Crippen LogP contribution in [0.2, 0.25) is 0 Å². The second-order valence-electron chi connectivity index (χ2n) is 4.25. The lowest BCUT2D eigenvalue weighted by molar-refractivity contribution is -0.430. The van der Waals surface area contributed by atoms with E-state index in [1.54, 1.807) is 7.11 Å². The lowest BCUT2D eigenvalue weighted by atomic mass is 9.94. The standard InChI is InChI=1S/C13H24O3/c1-3-4-5-9-12-15-16-13(14-2)10-7-6-8-11-13/h4-5H,3,6-12H2,1-2H3/b5-4+. The highest BCUT2D eigenvalue weighted by molar-refractivity contribution is 4.79. The second kappa shape index (κ2) is 7.82. The first-order valence-corrected chi connectivity index (χ1v) is 6.34. The molecule has 0 aromatic carbocycles. The van der Waals surface area contributed by atoms with Gasteiger partial charge in [-0.2, -0.15) is 0 Å². The predicted molar refractivity (Wildman–Crippen MR) is 63.9 cm³/mol. The molecule has 1 saturated carbocycles. The maximum Gasteiger partial charge on any atom is 0.201 e. The summed E-state index contributed by atoms with van der Waals surface area (Å²) in [6, 6.07) is 0. The van der Waals surface area contributed by atoms with E-state index in [4.69, 9.17) is 14.5 Å². The quantitative estimate of drug-likeness (QED) is 0.219. The number of ether oxygens (including phenoxy) is 1. The van der Waals surface area contributed by atoms with Crippen LogP contribution in [0.1, 0.15) is 51.9 Å². The monoisotopic (exact) mass is 228 g/mol. The molecule has 1 rings (SSSR count). The van der Waals surface area contributed by atoms with Gasteiger partial charge in [0.2, 0.25) is 5.79 Å². The van der Waals surface area contributed by atoms with Crippen molar-refractivity contribution in [2.24, 2.45) is 0 Å². The maximum atomic E-state index is 5.44. The van der Waals surface area contributed by atoms with Crippen LogP contribution >= 0.6 is 0 Å². The van der Waals surface area contributed by atoms with Crippen molar-refractivity contribution in [3.05, 3.63) is 12.2 Å². The van der Waals surface area contributed by atoms with Crippen molar-refractivity contribution in [2.45, 2.75) is 57.7 Å². The van der Waals surface area contributed by atoms with Crippen molar-refractivity contribution in [2.75, 3.05) is 13.7 Å². The summed E-state index contributed by atoms with van der Waals surface area (Å²) in [4.78, 5) is 10.7. The molecule has 0 bridgehead atoms. The van der Waals surface area contributed by atoms with E-state index >= 15 is 0 Å². The third-order valence-electron chi connectivity index (χ3n) is 2.97. The summed E-state index contributed by atoms with van der Waals surface area (Å²) in [7, 11) is 1.70. The largest absolute Gasteiger partial charge is 0.351 e. The SMILES string of the molecule is CC/C=C/CCOOC1(OC)CCCCC1. The summed E-state index contributed by atoms with van der Waals surface area (Å²) < 4.78 is 5.44. The van der Waals surface area contributed by atoms with Crippen molar-refractivity contribution in [3.8, 4) is 0 Å². The minimum Gasteiger partial charge on any atom is -0.351 e. The van der Waals surface area contributed by atoms with E-state index in [-0.39, 0.29) is 0 Å². The molecule has 16 heavy (non-hydrogen) atoms. The highest BCUT2D eigenvalue weighted by Crippen LogP contribution is 2.32.